The van der Waals surface area contributed by atoms with E-state index in [9.17, 15) is 13.2 Å². The van der Waals surface area contributed by atoms with Crippen LogP contribution in [0.25, 0.3) is 0 Å². The number of halogens is 3. The molecule has 0 aromatic carbocycles. The first-order chi connectivity index (χ1) is 7.70. The van der Waals surface area contributed by atoms with Gasteiger partial charge in [-0.05, 0) is 5.92 Å². The molecule has 0 aliphatic rings. The van der Waals surface area contributed by atoms with E-state index in [4.69, 9.17) is 5.73 Å². The van der Waals surface area contributed by atoms with Gasteiger partial charge in [-0.15, -0.1) is 11.8 Å². The molecule has 0 radical (unpaired) electrons. The molecule has 0 aliphatic carbocycles. The Morgan fingerprint density at radius 3 is 2.29 bits per heavy atom. The zero-order valence-corrected chi connectivity index (χ0v) is 10.6. The lowest BCUT2D eigenvalue weighted by Crippen LogP contribution is -2.12. The van der Waals surface area contributed by atoms with Crippen LogP contribution < -0.4 is 5.73 Å². The van der Waals surface area contributed by atoms with Crippen LogP contribution in [0.5, 0.6) is 0 Å². The van der Waals surface area contributed by atoms with Crippen molar-refractivity contribution in [2.45, 2.75) is 37.2 Å². The van der Waals surface area contributed by atoms with Crippen LogP contribution in [-0.4, -0.2) is 15.2 Å². The van der Waals surface area contributed by atoms with E-state index < -0.39 is 11.9 Å². The molecule has 0 spiro atoms. The molecule has 0 saturated carbocycles. The second-order valence-corrected chi connectivity index (χ2v) is 5.41. The van der Waals surface area contributed by atoms with Gasteiger partial charge >= 0.3 is 6.18 Å². The van der Waals surface area contributed by atoms with Gasteiger partial charge < -0.3 is 5.73 Å². The lowest BCUT2D eigenvalue weighted by molar-refractivity contribution is -0.141. The van der Waals surface area contributed by atoms with Crippen molar-refractivity contribution >= 4 is 17.7 Å². The van der Waals surface area contributed by atoms with Crippen LogP contribution in [0.2, 0.25) is 0 Å². The van der Waals surface area contributed by atoms with Gasteiger partial charge in [0.15, 0.2) is 5.69 Å². The minimum atomic E-state index is -4.49. The van der Waals surface area contributed by atoms with Gasteiger partial charge in [-0.3, -0.25) is 0 Å². The van der Waals surface area contributed by atoms with E-state index in [2.05, 4.69) is 9.97 Å². The largest absolute Gasteiger partial charge is 0.433 e. The predicted molar refractivity (Wildman–Crippen MR) is 61.6 cm³/mol. The first-order valence-electron chi connectivity index (χ1n) is 5.08. The summed E-state index contributed by atoms with van der Waals surface area (Å²) in [6, 6.07) is 0.930. The Balaban J connectivity index is 2.98. The first-order valence-corrected chi connectivity index (χ1v) is 5.96. The zero-order chi connectivity index (χ0) is 13.2. The summed E-state index contributed by atoms with van der Waals surface area (Å²) in [5.74, 6) is -0.0104. The Labute approximate surface area is 102 Å². The quantitative estimate of drug-likeness (QED) is 0.673. The second kappa shape index (κ2) is 5.12. The molecule has 7 heteroatoms. The standard InChI is InChI=1S/C10H14F3N3S/c1-5(2)6(3)17-8-4-7(10(11,12)13)15-9(14)16-8/h4-6H,1-3H3,(H2,14,15,16). The molecule has 1 rings (SSSR count). The van der Waals surface area contributed by atoms with Crippen molar-refractivity contribution in [3.05, 3.63) is 11.8 Å². The van der Waals surface area contributed by atoms with Gasteiger partial charge in [0.2, 0.25) is 5.95 Å². The summed E-state index contributed by atoms with van der Waals surface area (Å²) in [5, 5.41) is 0.413. The topological polar surface area (TPSA) is 51.8 Å². The van der Waals surface area contributed by atoms with Gasteiger partial charge in [0.05, 0.1) is 0 Å². The van der Waals surface area contributed by atoms with Crippen LogP contribution in [0.4, 0.5) is 19.1 Å². The lowest BCUT2D eigenvalue weighted by Gasteiger charge is -2.15. The van der Waals surface area contributed by atoms with Gasteiger partial charge in [-0.1, -0.05) is 20.8 Å². The summed E-state index contributed by atoms with van der Waals surface area (Å²) >= 11 is 1.26. The average Bonchev–Trinajstić information content (AvgIpc) is 2.15. The van der Waals surface area contributed by atoms with E-state index in [0.717, 1.165) is 6.07 Å². The fraction of sp³-hybridized carbons (Fsp3) is 0.600. The summed E-state index contributed by atoms with van der Waals surface area (Å²) in [6.07, 6.45) is -4.49. The number of hydrogen-bond acceptors (Lipinski definition) is 4. The minimum Gasteiger partial charge on any atom is -0.368 e. The Kier molecular flexibility index (Phi) is 4.24. The molecule has 1 aromatic heterocycles. The number of aromatic nitrogens is 2. The van der Waals surface area contributed by atoms with E-state index in [1.165, 1.54) is 11.8 Å². The molecule has 0 bridgehead atoms. The summed E-state index contributed by atoms with van der Waals surface area (Å²) < 4.78 is 37.5. The third kappa shape index (κ3) is 4.07. The summed E-state index contributed by atoms with van der Waals surface area (Å²) in [4.78, 5) is 6.98. The average molecular weight is 265 g/mol. The highest BCUT2D eigenvalue weighted by Crippen LogP contribution is 2.32. The molecule has 1 aromatic rings. The van der Waals surface area contributed by atoms with E-state index >= 15 is 0 Å². The Morgan fingerprint density at radius 2 is 1.82 bits per heavy atom. The molecule has 1 unspecified atom stereocenters. The van der Waals surface area contributed by atoms with Crippen LogP contribution in [0.1, 0.15) is 26.5 Å². The number of anilines is 1. The molecular weight excluding hydrogens is 251 g/mol. The van der Waals surface area contributed by atoms with Crippen molar-refractivity contribution in [3.63, 3.8) is 0 Å². The van der Waals surface area contributed by atoms with E-state index in [0.29, 0.717) is 5.92 Å². The van der Waals surface area contributed by atoms with E-state index in [1.54, 1.807) is 0 Å². The van der Waals surface area contributed by atoms with Crippen molar-refractivity contribution in [2.24, 2.45) is 5.92 Å². The molecule has 1 heterocycles. The highest BCUT2D eigenvalue weighted by Gasteiger charge is 2.33. The Morgan fingerprint density at radius 1 is 1.24 bits per heavy atom. The third-order valence-corrected chi connectivity index (χ3v) is 3.62. The fourth-order valence-corrected chi connectivity index (χ4v) is 1.95. The van der Waals surface area contributed by atoms with Crippen molar-refractivity contribution in [2.75, 3.05) is 5.73 Å². The molecule has 0 aliphatic heterocycles. The SMILES string of the molecule is CC(C)C(C)Sc1cc(C(F)(F)F)nc(N)n1. The number of nitrogens with two attached hydrogens (primary N) is 1. The Bertz CT molecular complexity index is 393. The molecule has 96 valence electrons. The lowest BCUT2D eigenvalue weighted by atomic mass is 10.2. The van der Waals surface area contributed by atoms with Gasteiger partial charge in [0, 0.05) is 11.3 Å². The van der Waals surface area contributed by atoms with Crippen molar-refractivity contribution < 1.29 is 13.2 Å². The summed E-state index contributed by atoms with van der Waals surface area (Å²) in [5.41, 5.74) is 4.28. The fourth-order valence-electron chi connectivity index (χ4n) is 0.975. The molecule has 2 N–H and O–H groups in total. The van der Waals surface area contributed by atoms with E-state index in [-0.39, 0.29) is 16.2 Å². The van der Waals surface area contributed by atoms with Crippen LogP contribution in [0.15, 0.2) is 11.1 Å². The van der Waals surface area contributed by atoms with Crippen LogP contribution in [-0.2, 0) is 6.18 Å². The van der Waals surface area contributed by atoms with Crippen molar-refractivity contribution in [3.8, 4) is 0 Å². The van der Waals surface area contributed by atoms with Crippen molar-refractivity contribution in [1.29, 1.82) is 0 Å². The predicted octanol–water partition coefficient (Wildman–Crippen LogP) is 3.21. The zero-order valence-electron chi connectivity index (χ0n) is 9.75. The molecule has 3 nitrogen and oxygen atoms in total. The molecule has 17 heavy (non-hydrogen) atoms. The number of nitrogen functional groups attached to an aromatic ring is 1. The smallest absolute Gasteiger partial charge is 0.368 e. The summed E-state index contributed by atoms with van der Waals surface area (Å²) in [6.45, 7) is 5.92. The number of rotatable bonds is 3. The monoisotopic (exact) mass is 265 g/mol. The maximum absolute atomic E-state index is 12.5. The molecular formula is C10H14F3N3S. The number of nitrogens with zero attached hydrogens (tertiary/aromatic N) is 2. The van der Waals surface area contributed by atoms with Crippen molar-refractivity contribution in [1.82, 2.24) is 9.97 Å². The molecule has 0 saturated heterocycles. The number of thioether (sulfide) groups is 1. The number of alkyl halides is 3. The molecule has 0 amide bonds. The van der Waals surface area contributed by atoms with E-state index in [1.807, 2.05) is 20.8 Å². The van der Waals surface area contributed by atoms with Crippen LogP contribution in [0.3, 0.4) is 0 Å². The first kappa shape index (κ1) is 14.1. The van der Waals surface area contributed by atoms with Gasteiger partial charge in [0.25, 0.3) is 0 Å². The van der Waals surface area contributed by atoms with Crippen LogP contribution in [0, 0.1) is 5.92 Å². The third-order valence-electron chi connectivity index (χ3n) is 2.26. The minimum absolute atomic E-state index is 0.158. The molecule has 0 fully saturated rings. The van der Waals surface area contributed by atoms with Gasteiger partial charge in [-0.25, -0.2) is 9.97 Å². The normalized spacial score (nSPS) is 14.1. The molecule has 1 atom stereocenters. The summed E-state index contributed by atoms with van der Waals surface area (Å²) in [7, 11) is 0. The van der Waals surface area contributed by atoms with Gasteiger partial charge in [-0.2, -0.15) is 13.2 Å². The number of hydrogen-bond donors (Lipinski definition) is 1. The Hall–Kier alpha value is -0.980. The second-order valence-electron chi connectivity index (χ2n) is 4.01. The highest BCUT2D eigenvalue weighted by atomic mass is 32.2. The maximum Gasteiger partial charge on any atom is 0.433 e. The highest BCUT2D eigenvalue weighted by molar-refractivity contribution is 7.99. The van der Waals surface area contributed by atoms with Gasteiger partial charge in [0.1, 0.15) is 5.03 Å². The van der Waals surface area contributed by atoms with Crippen LogP contribution >= 0.6 is 11.8 Å². The maximum atomic E-state index is 12.5.